The van der Waals surface area contributed by atoms with E-state index in [1.165, 1.54) is 0 Å². The molecule has 3 aromatic rings. The topological polar surface area (TPSA) is 83.3 Å². The van der Waals surface area contributed by atoms with Crippen molar-refractivity contribution in [3.63, 3.8) is 0 Å². The molecule has 0 saturated heterocycles. The van der Waals surface area contributed by atoms with Crippen molar-refractivity contribution in [2.24, 2.45) is 0 Å². The first kappa shape index (κ1) is 11.4. The van der Waals surface area contributed by atoms with Crippen LogP contribution >= 0.6 is 0 Å². The average Bonchev–Trinajstić information content (AvgIpc) is 2.78. The van der Waals surface area contributed by atoms with Gasteiger partial charge >= 0.3 is 0 Å². The molecular formula is C12H9FN4O2. The Hall–Kier alpha value is -2.70. The van der Waals surface area contributed by atoms with Crippen molar-refractivity contribution in [2.75, 3.05) is 0 Å². The summed E-state index contributed by atoms with van der Waals surface area (Å²) in [6.07, 6.45) is 1.76. The largest absolute Gasteiger partial charge is 0.491 e. The lowest BCUT2D eigenvalue weighted by molar-refractivity contribution is 0.405. The second-order valence-electron chi connectivity index (χ2n) is 4.16. The molecule has 6 nitrogen and oxygen atoms in total. The maximum atomic E-state index is 13.0. The lowest BCUT2D eigenvalue weighted by atomic mass is 10.2. The third-order valence-corrected chi connectivity index (χ3v) is 2.71. The van der Waals surface area contributed by atoms with Gasteiger partial charge in [0.1, 0.15) is 5.69 Å². The van der Waals surface area contributed by atoms with Crippen molar-refractivity contribution in [3.05, 3.63) is 46.1 Å². The number of rotatable bonds is 1. The second kappa shape index (κ2) is 3.91. The van der Waals surface area contributed by atoms with Crippen LogP contribution in [0.4, 0.5) is 4.39 Å². The number of aromatic nitrogens is 4. The monoisotopic (exact) mass is 260 g/mol. The smallest absolute Gasteiger partial charge is 0.291 e. The molecule has 0 unspecified atom stereocenters. The number of pyridine rings is 1. The molecule has 3 heterocycles. The number of aromatic hydroxyl groups is 1. The standard InChI is InChI=1S/C12H9FN4O2/c1-6-2-3-17-7(4-6)5-8(16-17)10-14-11(18)9(13)12(19)15-10/h2-5H,1H3,(H2,14,15,18,19). The molecule has 0 aliphatic heterocycles. The minimum Gasteiger partial charge on any atom is -0.491 e. The highest BCUT2D eigenvalue weighted by Crippen LogP contribution is 2.18. The van der Waals surface area contributed by atoms with Gasteiger partial charge in [-0.25, -0.2) is 4.52 Å². The van der Waals surface area contributed by atoms with Crippen molar-refractivity contribution in [1.82, 2.24) is 19.6 Å². The fourth-order valence-corrected chi connectivity index (χ4v) is 1.79. The summed E-state index contributed by atoms with van der Waals surface area (Å²) in [6, 6.07) is 5.46. The van der Waals surface area contributed by atoms with Crippen LogP contribution in [0.5, 0.6) is 5.88 Å². The third-order valence-electron chi connectivity index (χ3n) is 2.71. The number of hydrogen-bond acceptors (Lipinski definition) is 4. The summed E-state index contributed by atoms with van der Waals surface area (Å²) in [5, 5.41) is 13.4. The van der Waals surface area contributed by atoms with E-state index in [1.807, 2.05) is 19.1 Å². The van der Waals surface area contributed by atoms with Crippen LogP contribution in [0.3, 0.4) is 0 Å². The molecule has 0 aromatic carbocycles. The second-order valence-corrected chi connectivity index (χ2v) is 4.16. The van der Waals surface area contributed by atoms with Crippen LogP contribution in [0.2, 0.25) is 0 Å². The molecule has 0 aliphatic rings. The zero-order chi connectivity index (χ0) is 13.6. The van der Waals surface area contributed by atoms with E-state index in [4.69, 9.17) is 0 Å². The van der Waals surface area contributed by atoms with Crippen molar-refractivity contribution in [3.8, 4) is 17.4 Å². The first-order chi connectivity index (χ1) is 9.04. The molecule has 19 heavy (non-hydrogen) atoms. The van der Waals surface area contributed by atoms with Gasteiger partial charge in [-0.15, -0.1) is 0 Å². The highest BCUT2D eigenvalue weighted by molar-refractivity contribution is 5.61. The predicted octanol–water partition coefficient (Wildman–Crippen LogP) is 1.24. The Morgan fingerprint density at radius 2 is 2.21 bits per heavy atom. The predicted molar refractivity (Wildman–Crippen MR) is 65.4 cm³/mol. The minimum atomic E-state index is -1.30. The maximum Gasteiger partial charge on any atom is 0.291 e. The van der Waals surface area contributed by atoms with Crippen LogP contribution in [0.15, 0.2) is 29.2 Å². The molecule has 3 aromatic heterocycles. The fraction of sp³-hybridized carbons (Fsp3) is 0.0833. The first-order valence-electron chi connectivity index (χ1n) is 5.50. The molecule has 0 amide bonds. The molecule has 7 heteroatoms. The van der Waals surface area contributed by atoms with Gasteiger partial charge in [0.2, 0.25) is 5.82 Å². The van der Waals surface area contributed by atoms with E-state index in [0.29, 0.717) is 5.69 Å². The summed E-state index contributed by atoms with van der Waals surface area (Å²) >= 11 is 0. The normalized spacial score (nSPS) is 11.1. The average molecular weight is 260 g/mol. The summed E-state index contributed by atoms with van der Waals surface area (Å²) in [7, 11) is 0. The lowest BCUT2D eigenvalue weighted by Crippen LogP contribution is -2.13. The van der Waals surface area contributed by atoms with E-state index in [9.17, 15) is 14.3 Å². The molecule has 0 saturated carbocycles. The van der Waals surface area contributed by atoms with Gasteiger partial charge in [-0.2, -0.15) is 14.5 Å². The minimum absolute atomic E-state index is 0.0188. The number of nitrogens with zero attached hydrogens (tertiary/aromatic N) is 3. The Morgan fingerprint density at radius 3 is 2.95 bits per heavy atom. The summed E-state index contributed by atoms with van der Waals surface area (Å²) in [5.74, 6) is -2.22. The van der Waals surface area contributed by atoms with Crippen LogP contribution < -0.4 is 5.56 Å². The van der Waals surface area contributed by atoms with Gasteiger partial charge in [-0.3, -0.25) is 4.79 Å². The van der Waals surface area contributed by atoms with Gasteiger partial charge in [-0.1, -0.05) is 0 Å². The van der Waals surface area contributed by atoms with Crippen LogP contribution in [0, 0.1) is 12.7 Å². The van der Waals surface area contributed by atoms with E-state index in [-0.39, 0.29) is 5.82 Å². The first-order valence-corrected chi connectivity index (χ1v) is 5.50. The van der Waals surface area contributed by atoms with Gasteiger partial charge in [0.25, 0.3) is 11.4 Å². The van der Waals surface area contributed by atoms with E-state index >= 15 is 0 Å². The number of H-pyrrole nitrogens is 1. The Balaban J connectivity index is 2.22. The zero-order valence-electron chi connectivity index (χ0n) is 9.88. The van der Waals surface area contributed by atoms with E-state index in [1.54, 1.807) is 16.8 Å². The van der Waals surface area contributed by atoms with Crippen LogP contribution in [0.1, 0.15) is 5.56 Å². The van der Waals surface area contributed by atoms with Gasteiger partial charge < -0.3 is 10.1 Å². The van der Waals surface area contributed by atoms with Crippen LogP contribution in [-0.4, -0.2) is 24.7 Å². The molecule has 0 bridgehead atoms. The third kappa shape index (κ3) is 1.85. The number of fused-ring (bicyclic) bond motifs is 1. The van der Waals surface area contributed by atoms with Crippen molar-refractivity contribution >= 4 is 5.52 Å². The number of aryl methyl sites for hydroxylation is 1. The number of hydrogen-bond donors (Lipinski definition) is 2. The highest BCUT2D eigenvalue weighted by Gasteiger charge is 2.13. The molecule has 2 N–H and O–H groups in total. The number of halogens is 1. The summed E-state index contributed by atoms with van der Waals surface area (Å²) in [5.41, 5.74) is 1.18. The quantitative estimate of drug-likeness (QED) is 0.689. The Labute approximate surface area is 106 Å². The van der Waals surface area contributed by atoms with E-state index < -0.39 is 17.3 Å². The Morgan fingerprint density at radius 1 is 1.42 bits per heavy atom. The van der Waals surface area contributed by atoms with Crippen LogP contribution in [0.25, 0.3) is 17.0 Å². The molecule has 0 atom stereocenters. The summed E-state index contributed by atoms with van der Waals surface area (Å²) in [6.45, 7) is 1.94. The molecule has 0 aliphatic carbocycles. The van der Waals surface area contributed by atoms with E-state index in [0.717, 1.165) is 11.1 Å². The number of aromatic amines is 1. The Kier molecular flexibility index (Phi) is 2.34. The van der Waals surface area contributed by atoms with Crippen molar-refractivity contribution in [2.45, 2.75) is 6.92 Å². The Bertz CT molecular complexity index is 837. The van der Waals surface area contributed by atoms with Crippen LogP contribution in [-0.2, 0) is 0 Å². The fourth-order valence-electron chi connectivity index (χ4n) is 1.79. The van der Waals surface area contributed by atoms with Crippen molar-refractivity contribution in [1.29, 1.82) is 0 Å². The summed E-state index contributed by atoms with van der Waals surface area (Å²) < 4.78 is 14.6. The van der Waals surface area contributed by atoms with Gasteiger partial charge in [0.15, 0.2) is 5.82 Å². The SMILES string of the molecule is Cc1ccn2nc(-c3nc(O)c(F)c(=O)[nH]3)cc2c1. The van der Waals surface area contributed by atoms with Gasteiger partial charge in [0.05, 0.1) is 5.52 Å². The molecular weight excluding hydrogens is 251 g/mol. The van der Waals surface area contributed by atoms with E-state index in [2.05, 4.69) is 15.1 Å². The highest BCUT2D eigenvalue weighted by atomic mass is 19.1. The molecule has 0 fully saturated rings. The zero-order valence-corrected chi connectivity index (χ0v) is 9.88. The maximum absolute atomic E-state index is 13.0. The van der Waals surface area contributed by atoms with Gasteiger partial charge in [-0.05, 0) is 30.7 Å². The summed E-state index contributed by atoms with van der Waals surface area (Å²) in [4.78, 5) is 17.0. The molecule has 96 valence electrons. The lowest BCUT2D eigenvalue weighted by Gasteiger charge is -1.97. The molecule has 0 spiro atoms. The van der Waals surface area contributed by atoms with Gasteiger partial charge in [0, 0.05) is 6.20 Å². The van der Waals surface area contributed by atoms with Crippen molar-refractivity contribution < 1.29 is 9.50 Å². The molecule has 0 radical (unpaired) electrons. The number of nitrogens with one attached hydrogen (secondary N) is 1. The molecule has 3 rings (SSSR count).